The Labute approximate surface area is 240 Å². The number of hydrogen-bond acceptors (Lipinski definition) is 8. The van der Waals surface area contributed by atoms with Gasteiger partial charge in [0.25, 0.3) is 0 Å². The van der Waals surface area contributed by atoms with E-state index in [9.17, 15) is 4.79 Å². The van der Waals surface area contributed by atoms with Crippen LogP contribution < -0.4 is 0 Å². The minimum absolute atomic E-state index is 0.125. The molecule has 220 valence electrons. The average Bonchev–Trinajstić information content (AvgIpc) is 2.88. The maximum atomic E-state index is 12.3. The lowest BCUT2D eigenvalue weighted by molar-refractivity contribution is -0.118. The Morgan fingerprint density at radius 1 is 0.711 bits per heavy atom. The third kappa shape index (κ3) is 22.2. The molecule has 0 aliphatic carbocycles. The van der Waals surface area contributed by atoms with Crippen molar-refractivity contribution in [1.29, 1.82) is 0 Å². The minimum atomic E-state index is 0.125. The lowest BCUT2D eigenvalue weighted by Crippen LogP contribution is -2.11. The van der Waals surface area contributed by atoms with Crippen molar-refractivity contribution in [2.75, 3.05) is 52.9 Å². The van der Waals surface area contributed by atoms with E-state index in [1.807, 2.05) is 12.1 Å². The number of ketones is 1. The van der Waals surface area contributed by atoms with Crippen molar-refractivity contribution in [3.05, 3.63) is 29.8 Å². The molecule has 0 saturated heterocycles. The van der Waals surface area contributed by atoms with Gasteiger partial charge in [0.2, 0.25) is 0 Å². The molecule has 0 heterocycles. The molecule has 0 fully saturated rings. The number of benzene rings is 1. The topological polar surface area (TPSA) is 63.2 Å². The Hall–Kier alpha value is -0.610. The van der Waals surface area contributed by atoms with Gasteiger partial charge in [0.05, 0.1) is 32.5 Å². The number of unbranched alkanes of at least 4 members (excludes halogenated alkanes) is 1. The monoisotopic (exact) mass is 572 g/mol. The van der Waals surface area contributed by atoms with Crippen molar-refractivity contribution in [2.24, 2.45) is 5.92 Å². The lowest BCUT2D eigenvalue weighted by atomic mass is 10.1. The van der Waals surface area contributed by atoms with Gasteiger partial charge in [-0.25, -0.2) is 0 Å². The van der Waals surface area contributed by atoms with Crippen LogP contribution in [0.4, 0.5) is 0 Å². The van der Waals surface area contributed by atoms with Gasteiger partial charge in [-0.15, -0.1) is 0 Å². The van der Waals surface area contributed by atoms with Crippen molar-refractivity contribution in [3.8, 4) is 0 Å². The molecular weight excluding hydrogens is 520 g/mol. The van der Waals surface area contributed by atoms with Crippen molar-refractivity contribution >= 4 is 27.4 Å². The zero-order valence-electron chi connectivity index (χ0n) is 24.4. The first kappa shape index (κ1) is 35.4. The summed E-state index contributed by atoms with van der Waals surface area (Å²) in [6.07, 6.45) is 6.39. The molecule has 0 amide bonds. The summed E-state index contributed by atoms with van der Waals surface area (Å²) in [6, 6.07) is 8.25. The summed E-state index contributed by atoms with van der Waals surface area (Å²) in [6.45, 7) is 15.9. The zero-order valence-corrected chi connectivity index (χ0v) is 26.0. The molecule has 0 bridgehead atoms. The fraction of sp³-hybridized carbons (Fsp3) is 0.767. The maximum Gasteiger partial charge on any atom is 0.137 e. The van der Waals surface area contributed by atoms with Crippen LogP contribution in [-0.4, -0.2) is 70.2 Å². The smallest absolute Gasteiger partial charge is 0.137 e. The third-order valence-corrected chi connectivity index (χ3v) is 8.15. The molecule has 1 aromatic carbocycles. The highest BCUT2D eigenvalue weighted by atomic mass is 33.1. The van der Waals surface area contributed by atoms with E-state index in [0.29, 0.717) is 52.0 Å². The summed E-state index contributed by atoms with van der Waals surface area (Å²) in [5.41, 5.74) is 1.18. The molecule has 0 saturated carbocycles. The first-order valence-electron chi connectivity index (χ1n) is 14.3. The molecule has 0 radical (unpaired) electrons. The highest BCUT2D eigenvalue weighted by Crippen LogP contribution is 2.35. The standard InChI is InChI=1S/C30H52O6S2/c1-25(2)10-8-16-32-20-22-34-23-21-33-17-9-11-29(31)24-28-12-14-30(15-13-28)38-37-27(5)36-19-7-6-18-35-26(3)4/h12-15,25-27H,6-11,16-24H2,1-5H3. The Bertz CT molecular complexity index is 684. The summed E-state index contributed by atoms with van der Waals surface area (Å²) in [4.78, 5) is 13.5. The van der Waals surface area contributed by atoms with E-state index < -0.39 is 0 Å². The van der Waals surface area contributed by atoms with E-state index in [4.69, 9.17) is 23.7 Å². The SMILES string of the molecule is CC(C)CCCOCCOCCOCCCC(=O)Cc1ccc(SSC(C)OCCCCOC(C)C)cc1. The number of carbonyl (C=O) groups excluding carboxylic acids is 1. The average molecular weight is 573 g/mol. The van der Waals surface area contributed by atoms with Gasteiger partial charge in [0.15, 0.2) is 0 Å². The largest absolute Gasteiger partial charge is 0.379 e. The van der Waals surface area contributed by atoms with Crippen LogP contribution in [-0.2, 0) is 34.9 Å². The molecule has 6 nitrogen and oxygen atoms in total. The van der Waals surface area contributed by atoms with E-state index in [2.05, 4.69) is 46.8 Å². The Kier molecular flexibility index (Phi) is 22.6. The molecule has 0 aromatic heterocycles. The van der Waals surface area contributed by atoms with Crippen LogP contribution in [0.2, 0.25) is 0 Å². The molecule has 0 N–H and O–H groups in total. The maximum absolute atomic E-state index is 12.3. The number of Topliss-reactive ketones (excluding diaryl/α,β-unsaturated/α-hetero) is 1. The molecule has 1 atom stereocenters. The van der Waals surface area contributed by atoms with Gasteiger partial charge in [0, 0.05) is 44.2 Å². The summed E-state index contributed by atoms with van der Waals surface area (Å²) in [5.74, 6) is 0.976. The van der Waals surface area contributed by atoms with Crippen molar-refractivity contribution in [2.45, 2.75) is 96.0 Å². The van der Waals surface area contributed by atoms with Crippen molar-refractivity contribution in [1.82, 2.24) is 0 Å². The number of hydrogen-bond donors (Lipinski definition) is 0. The molecule has 0 spiro atoms. The van der Waals surface area contributed by atoms with E-state index in [1.165, 1.54) is 11.3 Å². The first-order valence-corrected chi connectivity index (χ1v) is 16.5. The van der Waals surface area contributed by atoms with Gasteiger partial charge in [-0.2, -0.15) is 0 Å². The Morgan fingerprint density at radius 3 is 1.89 bits per heavy atom. The number of ether oxygens (including phenoxy) is 5. The molecule has 0 aliphatic heterocycles. The highest BCUT2D eigenvalue weighted by molar-refractivity contribution is 8.76. The lowest BCUT2D eigenvalue weighted by Gasteiger charge is -2.12. The number of carbonyl (C=O) groups is 1. The van der Waals surface area contributed by atoms with E-state index in [0.717, 1.165) is 57.0 Å². The van der Waals surface area contributed by atoms with Gasteiger partial charge in [0.1, 0.15) is 11.2 Å². The summed E-state index contributed by atoms with van der Waals surface area (Å²) >= 11 is 0. The van der Waals surface area contributed by atoms with Gasteiger partial charge < -0.3 is 23.7 Å². The van der Waals surface area contributed by atoms with Crippen LogP contribution in [0.25, 0.3) is 0 Å². The zero-order chi connectivity index (χ0) is 27.8. The fourth-order valence-corrected chi connectivity index (χ4v) is 5.29. The van der Waals surface area contributed by atoms with E-state index in [1.54, 1.807) is 21.6 Å². The molecule has 8 heteroatoms. The third-order valence-electron chi connectivity index (χ3n) is 5.51. The molecule has 1 aromatic rings. The summed E-state index contributed by atoms with van der Waals surface area (Å²) in [5, 5.41) is 0. The first-order chi connectivity index (χ1) is 18.4. The Balaban J connectivity index is 1.99. The second-order valence-electron chi connectivity index (χ2n) is 10.1. The quantitative estimate of drug-likeness (QED) is 0.0648. The van der Waals surface area contributed by atoms with E-state index in [-0.39, 0.29) is 11.2 Å². The van der Waals surface area contributed by atoms with Crippen LogP contribution in [0.5, 0.6) is 0 Å². The van der Waals surface area contributed by atoms with Gasteiger partial charge in [-0.1, -0.05) is 47.6 Å². The van der Waals surface area contributed by atoms with Gasteiger partial charge in [-0.3, -0.25) is 4.79 Å². The molecule has 0 aliphatic rings. The summed E-state index contributed by atoms with van der Waals surface area (Å²) < 4.78 is 28.1. The van der Waals surface area contributed by atoms with Crippen LogP contribution in [0, 0.1) is 5.92 Å². The van der Waals surface area contributed by atoms with Crippen LogP contribution in [0.1, 0.15) is 78.7 Å². The van der Waals surface area contributed by atoms with Crippen molar-refractivity contribution in [3.63, 3.8) is 0 Å². The molecule has 38 heavy (non-hydrogen) atoms. The molecule has 1 unspecified atom stereocenters. The Morgan fingerprint density at radius 2 is 1.29 bits per heavy atom. The van der Waals surface area contributed by atoms with Crippen LogP contribution >= 0.6 is 21.6 Å². The normalized spacial score (nSPS) is 12.5. The highest BCUT2D eigenvalue weighted by Gasteiger charge is 2.07. The fourth-order valence-electron chi connectivity index (χ4n) is 3.41. The summed E-state index contributed by atoms with van der Waals surface area (Å²) in [7, 11) is 3.42. The van der Waals surface area contributed by atoms with Gasteiger partial charge in [-0.05, 0) is 76.5 Å². The molecular formula is C30H52O6S2. The number of rotatable bonds is 26. The van der Waals surface area contributed by atoms with Crippen LogP contribution in [0.15, 0.2) is 29.2 Å². The molecule has 1 rings (SSSR count). The predicted octanol–water partition coefficient (Wildman–Crippen LogP) is 7.37. The van der Waals surface area contributed by atoms with Gasteiger partial charge >= 0.3 is 0 Å². The predicted molar refractivity (Wildman–Crippen MR) is 160 cm³/mol. The second-order valence-corrected chi connectivity index (χ2v) is 12.7. The minimum Gasteiger partial charge on any atom is -0.379 e. The van der Waals surface area contributed by atoms with Crippen molar-refractivity contribution < 1.29 is 28.5 Å². The van der Waals surface area contributed by atoms with E-state index >= 15 is 0 Å². The second kappa shape index (κ2) is 24.2. The van der Waals surface area contributed by atoms with Crippen LogP contribution in [0.3, 0.4) is 0 Å².